The summed E-state index contributed by atoms with van der Waals surface area (Å²) < 4.78 is 32.4. The predicted molar refractivity (Wildman–Crippen MR) is 124 cm³/mol. The summed E-state index contributed by atoms with van der Waals surface area (Å²) in [7, 11) is -3.26. The van der Waals surface area contributed by atoms with E-state index in [0.717, 1.165) is 11.1 Å². The third kappa shape index (κ3) is 6.45. The molecule has 0 radical (unpaired) electrons. The third-order valence-electron chi connectivity index (χ3n) is 5.47. The fraction of sp³-hybridized carbons (Fsp3) is 0.435. The molecule has 174 valence electrons. The van der Waals surface area contributed by atoms with Gasteiger partial charge in [-0.05, 0) is 43.2 Å². The highest BCUT2D eigenvalue weighted by Gasteiger charge is 2.29. The Kier molecular flexibility index (Phi) is 8.16. The van der Waals surface area contributed by atoms with Crippen LogP contribution in [0, 0.1) is 0 Å². The van der Waals surface area contributed by atoms with E-state index in [-0.39, 0.29) is 6.42 Å². The molecule has 2 aromatic rings. The van der Waals surface area contributed by atoms with E-state index in [0.29, 0.717) is 55.7 Å². The zero-order valence-electron chi connectivity index (χ0n) is 18.3. The van der Waals surface area contributed by atoms with Gasteiger partial charge in [0.15, 0.2) is 0 Å². The molecule has 1 aliphatic heterocycles. The molecule has 1 saturated heterocycles. The van der Waals surface area contributed by atoms with Gasteiger partial charge in [-0.25, -0.2) is 8.42 Å². The predicted octanol–water partition coefficient (Wildman–Crippen LogP) is 3.40. The van der Waals surface area contributed by atoms with E-state index in [2.05, 4.69) is 4.90 Å². The first-order valence-electron chi connectivity index (χ1n) is 10.6. The average molecular weight is 481 g/mol. The first kappa shape index (κ1) is 24.5. The van der Waals surface area contributed by atoms with Gasteiger partial charge in [-0.1, -0.05) is 35.9 Å². The lowest BCUT2D eigenvalue weighted by molar-refractivity contribution is -0.136. The quantitative estimate of drug-likeness (QED) is 0.592. The number of ether oxygens (including phenoxy) is 1. The van der Waals surface area contributed by atoms with Gasteiger partial charge >= 0.3 is 5.97 Å². The van der Waals surface area contributed by atoms with Crippen molar-refractivity contribution in [1.82, 2.24) is 9.21 Å². The van der Waals surface area contributed by atoms with Crippen LogP contribution in [0.5, 0.6) is 5.75 Å². The number of hydrogen-bond donors (Lipinski definition) is 1. The number of carboxylic acid groups (broad SMARTS) is 1. The molecule has 0 spiro atoms. The molecule has 32 heavy (non-hydrogen) atoms. The Morgan fingerprint density at radius 2 is 1.69 bits per heavy atom. The van der Waals surface area contributed by atoms with E-state index >= 15 is 0 Å². The van der Waals surface area contributed by atoms with Crippen LogP contribution >= 0.6 is 11.6 Å². The Labute approximate surface area is 194 Å². The Balaban J connectivity index is 1.71. The summed E-state index contributed by atoms with van der Waals surface area (Å²) in [4.78, 5) is 13.3. The van der Waals surface area contributed by atoms with E-state index in [4.69, 9.17) is 21.4 Å². The first-order chi connectivity index (χ1) is 15.1. The molecule has 2 aromatic carbocycles. The van der Waals surface area contributed by atoms with Crippen LogP contribution in [0.4, 0.5) is 0 Å². The average Bonchev–Trinajstić information content (AvgIpc) is 2.74. The Morgan fingerprint density at radius 3 is 2.28 bits per heavy atom. The number of rotatable bonds is 9. The van der Waals surface area contributed by atoms with Gasteiger partial charge in [0.05, 0.1) is 11.7 Å². The number of nitrogens with zero attached hydrogens (tertiary/aromatic N) is 2. The summed E-state index contributed by atoms with van der Waals surface area (Å²) in [6, 6.07) is 12.8. The number of carbonyl (C=O) groups is 1. The molecule has 0 saturated carbocycles. The summed E-state index contributed by atoms with van der Waals surface area (Å²) in [6.07, 6.45) is -0.0646. The zero-order chi connectivity index (χ0) is 23.3. The first-order valence-corrected chi connectivity index (χ1v) is 12.5. The summed E-state index contributed by atoms with van der Waals surface area (Å²) in [5.74, 6) is -0.204. The molecule has 3 rings (SSSR count). The molecule has 1 N–H and O–H groups in total. The van der Waals surface area contributed by atoms with Crippen molar-refractivity contribution in [3.8, 4) is 5.75 Å². The number of carboxylic acids is 1. The van der Waals surface area contributed by atoms with Crippen molar-refractivity contribution in [3.05, 3.63) is 64.2 Å². The van der Waals surface area contributed by atoms with E-state index < -0.39 is 21.2 Å². The summed E-state index contributed by atoms with van der Waals surface area (Å²) in [5.41, 5.74) is 2.56. The number of hydrogen-bond acceptors (Lipinski definition) is 5. The lowest BCUT2D eigenvalue weighted by atomic mass is 10.1. The third-order valence-corrected chi connectivity index (χ3v) is 8.00. The van der Waals surface area contributed by atoms with Crippen LogP contribution in [0.15, 0.2) is 42.5 Å². The van der Waals surface area contributed by atoms with Crippen LogP contribution < -0.4 is 4.74 Å². The van der Waals surface area contributed by atoms with Gasteiger partial charge in [0.25, 0.3) is 0 Å². The molecule has 0 aromatic heterocycles. The van der Waals surface area contributed by atoms with Crippen molar-refractivity contribution in [2.45, 2.75) is 38.7 Å². The maximum Gasteiger partial charge on any atom is 0.307 e. The van der Waals surface area contributed by atoms with Crippen molar-refractivity contribution < 1.29 is 23.1 Å². The molecule has 0 amide bonds. The van der Waals surface area contributed by atoms with Gasteiger partial charge in [-0.2, -0.15) is 4.31 Å². The number of aliphatic carboxylic acids is 1. The monoisotopic (exact) mass is 480 g/mol. The van der Waals surface area contributed by atoms with Crippen LogP contribution in [0.2, 0.25) is 5.02 Å². The van der Waals surface area contributed by atoms with Gasteiger partial charge < -0.3 is 9.84 Å². The second-order valence-electron chi connectivity index (χ2n) is 8.20. The lowest BCUT2D eigenvalue weighted by Crippen LogP contribution is -2.50. The van der Waals surface area contributed by atoms with Crippen LogP contribution in [-0.2, 0) is 34.4 Å². The van der Waals surface area contributed by atoms with E-state index in [1.54, 1.807) is 24.2 Å². The Bertz CT molecular complexity index is 1030. The summed E-state index contributed by atoms with van der Waals surface area (Å²) in [6.45, 7) is 6.39. The van der Waals surface area contributed by atoms with Gasteiger partial charge in [-0.3, -0.25) is 9.69 Å². The SMILES string of the molecule is CC(C)S(=O)(=O)N1CCN(Cc2cc(CC(=O)O)ccc2OCc2ccc(Cl)cc2)CC1. The van der Waals surface area contributed by atoms with Crippen molar-refractivity contribution in [3.63, 3.8) is 0 Å². The van der Waals surface area contributed by atoms with Crippen molar-refractivity contribution in [2.75, 3.05) is 26.2 Å². The normalized spacial score (nSPS) is 15.8. The highest BCUT2D eigenvalue weighted by molar-refractivity contribution is 7.89. The molecule has 1 aliphatic rings. The van der Waals surface area contributed by atoms with Gasteiger partial charge in [0, 0.05) is 43.3 Å². The van der Waals surface area contributed by atoms with Crippen LogP contribution in [0.25, 0.3) is 0 Å². The van der Waals surface area contributed by atoms with Gasteiger partial charge in [-0.15, -0.1) is 0 Å². The maximum absolute atomic E-state index is 12.4. The maximum atomic E-state index is 12.4. The topological polar surface area (TPSA) is 87.2 Å². The number of benzene rings is 2. The number of sulfonamides is 1. The second-order valence-corrected chi connectivity index (χ2v) is 11.1. The minimum Gasteiger partial charge on any atom is -0.489 e. The fourth-order valence-corrected chi connectivity index (χ4v) is 5.00. The second kappa shape index (κ2) is 10.7. The molecular weight excluding hydrogens is 452 g/mol. The molecular formula is C23H29ClN2O5S. The molecule has 0 bridgehead atoms. The Morgan fingerprint density at radius 1 is 1.06 bits per heavy atom. The number of halogens is 1. The van der Waals surface area contributed by atoms with E-state index in [1.807, 2.05) is 36.4 Å². The Hall–Kier alpha value is -2.13. The highest BCUT2D eigenvalue weighted by atomic mass is 35.5. The molecule has 7 nitrogen and oxygen atoms in total. The standard InChI is InChI=1S/C23H29ClN2O5S/c1-17(2)32(29,30)26-11-9-25(10-12-26)15-20-13-19(14-23(27)28)5-8-22(20)31-16-18-3-6-21(24)7-4-18/h3-8,13,17H,9-12,14-16H2,1-2H3,(H,27,28). The molecule has 0 atom stereocenters. The van der Waals surface area contributed by atoms with Gasteiger partial charge in [0.2, 0.25) is 10.0 Å². The van der Waals surface area contributed by atoms with Crippen molar-refractivity contribution >= 4 is 27.6 Å². The molecule has 9 heteroatoms. The highest BCUT2D eigenvalue weighted by Crippen LogP contribution is 2.25. The minimum atomic E-state index is -3.26. The zero-order valence-corrected chi connectivity index (χ0v) is 19.9. The fourth-order valence-electron chi connectivity index (χ4n) is 3.60. The molecule has 1 heterocycles. The van der Waals surface area contributed by atoms with E-state index in [1.165, 1.54) is 0 Å². The van der Waals surface area contributed by atoms with Crippen molar-refractivity contribution in [2.24, 2.45) is 0 Å². The largest absolute Gasteiger partial charge is 0.489 e. The van der Waals surface area contributed by atoms with Gasteiger partial charge in [0.1, 0.15) is 12.4 Å². The van der Waals surface area contributed by atoms with Crippen LogP contribution in [0.1, 0.15) is 30.5 Å². The minimum absolute atomic E-state index is 0.0646. The number of piperazine rings is 1. The summed E-state index contributed by atoms with van der Waals surface area (Å²) >= 11 is 5.94. The van der Waals surface area contributed by atoms with Crippen LogP contribution in [0.3, 0.4) is 0 Å². The van der Waals surface area contributed by atoms with E-state index in [9.17, 15) is 13.2 Å². The molecule has 1 fully saturated rings. The molecule has 0 unspecified atom stereocenters. The molecule has 0 aliphatic carbocycles. The van der Waals surface area contributed by atoms with Crippen molar-refractivity contribution in [1.29, 1.82) is 0 Å². The smallest absolute Gasteiger partial charge is 0.307 e. The summed E-state index contributed by atoms with van der Waals surface area (Å²) in [5, 5.41) is 9.38. The van der Waals surface area contributed by atoms with Crippen LogP contribution in [-0.4, -0.2) is 60.1 Å². The lowest BCUT2D eigenvalue weighted by Gasteiger charge is -2.35.